The summed E-state index contributed by atoms with van der Waals surface area (Å²) < 4.78 is 11.0. The van der Waals surface area contributed by atoms with Crippen LogP contribution in [0.3, 0.4) is 0 Å². The second-order valence-corrected chi connectivity index (χ2v) is 19.0. The lowest BCUT2D eigenvalue weighted by Crippen LogP contribution is -2.62. The van der Waals surface area contributed by atoms with E-state index in [4.69, 9.17) is 10.5 Å². The van der Waals surface area contributed by atoms with E-state index in [-0.39, 0.29) is 55.4 Å². The zero-order chi connectivity index (χ0) is 48.7. The van der Waals surface area contributed by atoms with E-state index in [9.17, 15) is 38.7 Å². The Bertz CT molecular complexity index is 2090. The van der Waals surface area contributed by atoms with Crippen LogP contribution in [0.5, 0.6) is 0 Å². The van der Waals surface area contributed by atoms with Gasteiger partial charge in [0, 0.05) is 19.0 Å². The molecule has 7 N–H and O–H groups in total. The monoisotopic (exact) mass is 928 g/mol. The van der Waals surface area contributed by atoms with Crippen LogP contribution in [0.15, 0.2) is 66.7 Å². The van der Waals surface area contributed by atoms with Crippen LogP contribution in [0.1, 0.15) is 131 Å². The van der Waals surface area contributed by atoms with Gasteiger partial charge in [-0.05, 0) is 73.5 Å². The lowest BCUT2D eigenvalue weighted by atomic mass is 9.81. The van der Waals surface area contributed by atoms with Crippen molar-refractivity contribution in [3.63, 3.8) is 0 Å². The highest BCUT2D eigenvalue weighted by Gasteiger charge is 2.47. The number of benzene rings is 2. The zero-order valence-corrected chi connectivity index (χ0v) is 39.1. The van der Waals surface area contributed by atoms with Crippen molar-refractivity contribution >= 4 is 47.4 Å². The highest BCUT2D eigenvalue weighted by Crippen LogP contribution is 2.31. The van der Waals surface area contributed by atoms with Crippen molar-refractivity contribution in [2.24, 2.45) is 23.0 Å². The molecule has 17 heteroatoms. The van der Waals surface area contributed by atoms with Crippen molar-refractivity contribution in [2.45, 2.75) is 147 Å². The number of allylic oxidation sites excluding steroid dienone is 1. The predicted octanol–water partition coefficient (Wildman–Crippen LogP) is 4.33. The van der Waals surface area contributed by atoms with Gasteiger partial charge < -0.3 is 46.5 Å². The molecule has 364 valence electrons. The van der Waals surface area contributed by atoms with Gasteiger partial charge in [-0.25, -0.2) is 9.59 Å². The number of likely N-dealkylation sites (tertiary alicyclic amines) is 1. The lowest BCUT2D eigenvalue weighted by molar-refractivity contribution is -0.145. The van der Waals surface area contributed by atoms with Gasteiger partial charge in [-0.1, -0.05) is 108 Å². The molecular formula is C50H68N6O11. The van der Waals surface area contributed by atoms with Gasteiger partial charge in [0.1, 0.15) is 30.2 Å². The minimum atomic E-state index is -1.35. The molecule has 5 rings (SSSR count). The third-order valence-corrected chi connectivity index (χ3v) is 13.1. The molecule has 1 heterocycles. The van der Waals surface area contributed by atoms with Crippen molar-refractivity contribution < 1.29 is 52.9 Å². The summed E-state index contributed by atoms with van der Waals surface area (Å²) in [7, 11) is 1.21. The number of hydrogen-bond acceptors (Lipinski definition) is 10. The largest absolute Gasteiger partial charge is 0.478 e. The first-order valence-electron chi connectivity index (χ1n) is 23.5. The number of ether oxygens (including phenoxy) is 2. The Hall–Kier alpha value is -6.10. The number of amides is 6. The third kappa shape index (κ3) is 14.7. The van der Waals surface area contributed by atoms with Gasteiger partial charge in [-0.15, -0.1) is 0 Å². The summed E-state index contributed by atoms with van der Waals surface area (Å²) in [5.41, 5.74) is 5.31. The van der Waals surface area contributed by atoms with Crippen molar-refractivity contribution in [2.75, 3.05) is 13.7 Å². The summed E-state index contributed by atoms with van der Waals surface area (Å²) in [4.78, 5) is 110. The summed E-state index contributed by atoms with van der Waals surface area (Å²) in [5, 5.41) is 21.2. The highest BCUT2D eigenvalue weighted by atomic mass is 16.5. The molecule has 6 atom stereocenters. The van der Waals surface area contributed by atoms with Crippen LogP contribution in [0.4, 0.5) is 0 Å². The molecule has 2 aromatic carbocycles. The normalized spacial score (nSPS) is 19.9. The summed E-state index contributed by atoms with van der Waals surface area (Å²) in [6, 6.07) is 9.32. The number of nitrogens with two attached hydrogens (primary N) is 1. The number of aromatic carboxylic acids is 1. The highest BCUT2D eigenvalue weighted by molar-refractivity contribution is 6.06. The predicted molar refractivity (Wildman–Crippen MR) is 248 cm³/mol. The number of carboxylic acid groups (broad SMARTS) is 1. The topological polar surface area (TPSA) is 253 Å². The molecule has 0 spiro atoms. The Morgan fingerprint density at radius 3 is 1.96 bits per heavy atom. The fourth-order valence-corrected chi connectivity index (χ4v) is 9.39. The lowest BCUT2D eigenvalue weighted by Gasteiger charge is -2.37. The zero-order valence-electron chi connectivity index (χ0n) is 39.1. The Kier molecular flexibility index (Phi) is 19.1. The summed E-state index contributed by atoms with van der Waals surface area (Å²) in [6.45, 7) is 5.39. The quantitative estimate of drug-likeness (QED) is 0.0806. The molecule has 2 aliphatic carbocycles. The second-order valence-electron chi connectivity index (χ2n) is 19.0. The van der Waals surface area contributed by atoms with Crippen LogP contribution in [0, 0.1) is 17.3 Å². The molecule has 0 bridgehead atoms. The molecule has 2 saturated carbocycles. The van der Waals surface area contributed by atoms with Crippen molar-refractivity contribution in [3.8, 4) is 0 Å². The fraction of sp³-hybridized carbons (Fsp3) is 0.560. The maximum Gasteiger partial charge on any atom is 0.336 e. The van der Waals surface area contributed by atoms with Crippen LogP contribution in [0.25, 0.3) is 0 Å². The van der Waals surface area contributed by atoms with Crippen LogP contribution in [0.2, 0.25) is 0 Å². The number of carbonyl (C=O) groups excluding carboxylic acids is 7. The van der Waals surface area contributed by atoms with Gasteiger partial charge in [-0.2, -0.15) is 0 Å². The molecule has 0 radical (unpaired) electrons. The average Bonchev–Trinajstić information content (AvgIpc) is 3.76. The molecule has 17 nitrogen and oxygen atoms in total. The molecule has 3 aliphatic rings. The summed E-state index contributed by atoms with van der Waals surface area (Å²) in [6.07, 6.45) is 10.6. The fourth-order valence-electron chi connectivity index (χ4n) is 9.39. The number of esters is 1. The van der Waals surface area contributed by atoms with E-state index in [0.717, 1.165) is 56.9 Å². The molecule has 1 aliphatic heterocycles. The Morgan fingerprint density at radius 1 is 0.776 bits per heavy atom. The van der Waals surface area contributed by atoms with E-state index in [2.05, 4.69) is 26.0 Å². The van der Waals surface area contributed by atoms with Gasteiger partial charge in [0.05, 0.1) is 30.9 Å². The van der Waals surface area contributed by atoms with Gasteiger partial charge in [0.15, 0.2) is 0 Å². The minimum Gasteiger partial charge on any atom is -0.478 e. The number of carbonyl (C=O) groups is 8. The van der Waals surface area contributed by atoms with Crippen LogP contribution < -0.4 is 27.0 Å². The maximum atomic E-state index is 15.1. The standard InChI is InChI=1S/C50H68N6O11/c1-50(2,3)42(55-45(60)37(26-16-17-27-39(57)66-4)52-44(59)35-24-14-15-25-36(35)49(64)65)48(63)56-29-34(67-30-31-18-8-5-9-19-31)28-38(56)46(61)54-41(33-22-12-7-13-23-33)47(62)53-40(43(51)58)32-20-10-6-11-21-32/h5,8-9,14-15,17-19,24-25,27,32-34,37-38,40-42H,6-7,10-13,16,20-23,26,28-30H2,1-4H3,(H2,51,58)(H,52,59)(H,53,62)(H,54,61)(H,55,60)(H,64,65)/b27-17+/t34-,37+,38+,40+,41+,42-/m1/s1. The number of rotatable bonds is 20. The molecule has 2 aromatic rings. The summed E-state index contributed by atoms with van der Waals surface area (Å²) >= 11 is 0. The minimum absolute atomic E-state index is 0.0254. The van der Waals surface area contributed by atoms with Crippen molar-refractivity contribution in [3.05, 3.63) is 83.4 Å². The van der Waals surface area contributed by atoms with Gasteiger partial charge in [0.25, 0.3) is 5.91 Å². The SMILES string of the molecule is COC(=O)/C=C/CC[C@H](NC(=O)c1ccccc1C(=O)O)C(=O)N[C@H](C(=O)N1C[C@H](OCc2ccccc2)C[C@H]1C(=O)N[C@H](C(=O)N[C@H](C(N)=O)C1CCCCC1)C1CCCCC1)C(C)(C)C. The van der Waals surface area contributed by atoms with Gasteiger partial charge >= 0.3 is 11.9 Å². The Labute approximate surface area is 392 Å². The summed E-state index contributed by atoms with van der Waals surface area (Å²) in [5.74, 6) is -6.25. The second kappa shape index (κ2) is 24.6. The van der Waals surface area contributed by atoms with E-state index < -0.39 is 89.1 Å². The molecule has 3 fully saturated rings. The molecule has 0 unspecified atom stereocenters. The first-order chi connectivity index (χ1) is 32.0. The number of nitrogens with one attached hydrogen (secondary N) is 4. The first-order valence-corrected chi connectivity index (χ1v) is 23.5. The van der Waals surface area contributed by atoms with E-state index in [0.29, 0.717) is 12.8 Å². The number of nitrogens with zero attached hydrogens (tertiary/aromatic N) is 1. The number of hydrogen-bond donors (Lipinski definition) is 6. The Balaban J connectivity index is 1.43. The Morgan fingerprint density at radius 2 is 1.37 bits per heavy atom. The van der Waals surface area contributed by atoms with Crippen LogP contribution in [-0.2, 0) is 44.8 Å². The van der Waals surface area contributed by atoms with Crippen molar-refractivity contribution in [1.29, 1.82) is 0 Å². The maximum absolute atomic E-state index is 15.1. The van der Waals surface area contributed by atoms with Gasteiger partial charge in [-0.3, -0.25) is 28.8 Å². The third-order valence-electron chi connectivity index (χ3n) is 13.1. The number of carboxylic acids is 1. The molecule has 6 amide bonds. The molecule has 67 heavy (non-hydrogen) atoms. The van der Waals surface area contributed by atoms with Crippen LogP contribution in [-0.4, -0.2) is 107 Å². The number of methoxy groups -OCH3 is 1. The van der Waals surface area contributed by atoms with E-state index in [1.807, 2.05) is 30.3 Å². The van der Waals surface area contributed by atoms with Crippen molar-refractivity contribution in [1.82, 2.24) is 26.2 Å². The van der Waals surface area contributed by atoms with Crippen LogP contribution >= 0.6 is 0 Å². The molecule has 1 saturated heterocycles. The van der Waals surface area contributed by atoms with E-state index in [1.54, 1.807) is 20.8 Å². The smallest absolute Gasteiger partial charge is 0.336 e. The van der Waals surface area contributed by atoms with E-state index >= 15 is 4.79 Å². The van der Waals surface area contributed by atoms with E-state index in [1.165, 1.54) is 48.4 Å². The number of primary amides is 1. The average molecular weight is 929 g/mol. The first kappa shape index (κ1) is 51.9. The molecule has 0 aromatic heterocycles. The van der Waals surface area contributed by atoms with Gasteiger partial charge in [0.2, 0.25) is 29.5 Å². The molecular weight excluding hydrogens is 861 g/mol.